The van der Waals surface area contributed by atoms with Gasteiger partial charge in [-0.3, -0.25) is 9.59 Å². The van der Waals surface area contributed by atoms with Gasteiger partial charge in [-0.25, -0.2) is 0 Å². The van der Waals surface area contributed by atoms with Gasteiger partial charge in [0.1, 0.15) is 18.3 Å². The monoisotopic (exact) mass is 650 g/mol. The first-order valence-corrected chi connectivity index (χ1v) is 17.1. The molecule has 0 amide bonds. The van der Waals surface area contributed by atoms with Crippen LogP contribution in [-0.4, -0.2) is 97.7 Å². The molecule has 0 aromatic heterocycles. The Bertz CT molecular complexity index is 1290. The number of fused-ring (bicyclic) bond motifs is 7. The molecule has 0 aromatic carbocycles. The number of aliphatic carboxylic acids is 2. The van der Waals surface area contributed by atoms with Gasteiger partial charge in [0, 0.05) is 5.41 Å². The zero-order chi connectivity index (χ0) is 33.8. The maximum absolute atomic E-state index is 13.0. The van der Waals surface area contributed by atoms with Crippen LogP contribution in [0.25, 0.3) is 0 Å². The first-order valence-electron chi connectivity index (χ1n) is 17.1. The van der Waals surface area contributed by atoms with Gasteiger partial charge in [-0.1, -0.05) is 39.3 Å². The molecule has 11 unspecified atom stereocenters. The van der Waals surface area contributed by atoms with E-state index in [0.29, 0.717) is 44.9 Å². The molecular formula is C35H54O11. The number of ether oxygens (including phenoxy) is 2. The molecule has 7 N–H and O–H groups in total. The lowest BCUT2D eigenvalue weighted by Crippen LogP contribution is -2.69. The van der Waals surface area contributed by atoms with E-state index in [1.165, 1.54) is 0 Å². The molecule has 4 saturated carbocycles. The van der Waals surface area contributed by atoms with Crippen molar-refractivity contribution in [1.29, 1.82) is 0 Å². The van der Waals surface area contributed by atoms with E-state index in [2.05, 4.69) is 26.8 Å². The van der Waals surface area contributed by atoms with Crippen LogP contribution in [0, 0.1) is 50.2 Å². The first kappa shape index (κ1) is 34.3. The molecule has 0 bridgehead atoms. The summed E-state index contributed by atoms with van der Waals surface area (Å²) < 4.78 is 11.7. The fourth-order valence-corrected chi connectivity index (χ4v) is 12.1. The van der Waals surface area contributed by atoms with Gasteiger partial charge in [0.05, 0.1) is 36.3 Å². The van der Waals surface area contributed by atoms with Gasteiger partial charge < -0.3 is 45.2 Å². The normalized spacial score (nSPS) is 55.2. The van der Waals surface area contributed by atoms with E-state index in [1.54, 1.807) is 6.92 Å². The summed E-state index contributed by atoms with van der Waals surface area (Å²) in [4.78, 5) is 25.4. The van der Waals surface area contributed by atoms with Gasteiger partial charge >= 0.3 is 11.9 Å². The molecule has 1 saturated heterocycles. The van der Waals surface area contributed by atoms with Crippen molar-refractivity contribution in [3.05, 3.63) is 11.6 Å². The minimum Gasteiger partial charge on any atom is -0.481 e. The summed E-state index contributed by atoms with van der Waals surface area (Å²) in [6, 6.07) is 0. The van der Waals surface area contributed by atoms with Crippen molar-refractivity contribution in [3.63, 3.8) is 0 Å². The summed E-state index contributed by atoms with van der Waals surface area (Å²) >= 11 is 0. The van der Waals surface area contributed by atoms with E-state index < -0.39 is 70.4 Å². The molecular weight excluding hydrogens is 596 g/mol. The first-order chi connectivity index (χ1) is 21.3. The molecule has 0 radical (unpaired) electrons. The fraction of sp³-hybridized carbons (Fsp3) is 0.886. The summed E-state index contributed by atoms with van der Waals surface area (Å²) in [5, 5.41) is 74.3. The predicted octanol–water partition coefficient (Wildman–Crippen LogP) is 2.70. The quantitative estimate of drug-likeness (QED) is 0.171. The number of carboxylic acids is 2. The number of carboxylic acid groups (broad SMARTS) is 2. The van der Waals surface area contributed by atoms with Crippen molar-refractivity contribution in [2.75, 3.05) is 13.2 Å². The second-order valence-electron chi connectivity index (χ2n) is 17.1. The number of aliphatic hydroxyl groups excluding tert-OH is 5. The Morgan fingerprint density at radius 2 is 1.54 bits per heavy atom. The van der Waals surface area contributed by atoms with E-state index in [0.717, 1.165) is 18.4 Å². The summed E-state index contributed by atoms with van der Waals surface area (Å²) in [6.07, 6.45) is -0.432. The van der Waals surface area contributed by atoms with E-state index in [1.807, 2.05) is 6.92 Å². The molecule has 5 fully saturated rings. The van der Waals surface area contributed by atoms with Crippen molar-refractivity contribution in [3.8, 4) is 0 Å². The Kier molecular flexibility index (Phi) is 8.16. The Morgan fingerprint density at radius 3 is 2.17 bits per heavy atom. The van der Waals surface area contributed by atoms with Crippen LogP contribution in [0.15, 0.2) is 11.6 Å². The van der Waals surface area contributed by atoms with Crippen LogP contribution in [0.5, 0.6) is 0 Å². The number of hydrogen-bond acceptors (Lipinski definition) is 9. The zero-order valence-electron chi connectivity index (χ0n) is 27.8. The number of carbonyl (C=O) groups is 2. The SMILES string of the molecule is CC1(C(=O)O)CCC2(C(=O)O)CCC3(C)C(=CCC4C5(C)CC(O)C(O[C@@H]6OC[C@@H](O)[C@H](O)[C@H]6O)C(C)(CO)C5CCC43C)C2C1. The largest absolute Gasteiger partial charge is 0.481 e. The lowest BCUT2D eigenvalue weighted by molar-refractivity contribution is -0.328. The minimum atomic E-state index is -1.52. The number of rotatable bonds is 5. The Balaban J connectivity index is 1.35. The van der Waals surface area contributed by atoms with Crippen molar-refractivity contribution < 1.29 is 54.8 Å². The van der Waals surface area contributed by atoms with Crippen LogP contribution in [0.4, 0.5) is 0 Å². The number of allylic oxidation sites excluding steroid dienone is 2. The van der Waals surface area contributed by atoms with E-state index in [9.17, 15) is 45.3 Å². The molecule has 1 aliphatic heterocycles. The highest BCUT2D eigenvalue weighted by Gasteiger charge is 2.71. The fourth-order valence-electron chi connectivity index (χ4n) is 12.1. The van der Waals surface area contributed by atoms with E-state index in [-0.39, 0.29) is 41.8 Å². The van der Waals surface area contributed by atoms with Crippen LogP contribution >= 0.6 is 0 Å². The average Bonchev–Trinajstić information content (AvgIpc) is 2.99. The maximum atomic E-state index is 13.0. The van der Waals surface area contributed by atoms with Crippen molar-refractivity contribution in [1.82, 2.24) is 0 Å². The molecule has 15 atom stereocenters. The molecule has 46 heavy (non-hydrogen) atoms. The Hall–Kier alpha value is -1.60. The Labute approximate surface area is 271 Å². The minimum absolute atomic E-state index is 0.0713. The molecule has 6 rings (SSSR count). The lowest BCUT2D eigenvalue weighted by atomic mass is 9.33. The van der Waals surface area contributed by atoms with Crippen LogP contribution in [0.1, 0.15) is 92.4 Å². The second-order valence-corrected chi connectivity index (χ2v) is 17.1. The molecule has 11 heteroatoms. The van der Waals surface area contributed by atoms with Gasteiger partial charge in [0.25, 0.3) is 0 Å². The van der Waals surface area contributed by atoms with E-state index in [4.69, 9.17) is 9.47 Å². The second kappa shape index (κ2) is 11.0. The van der Waals surface area contributed by atoms with Crippen LogP contribution in [0.2, 0.25) is 0 Å². The molecule has 6 aliphatic rings. The topological polar surface area (TPSA) is 194 Å². The Morgan fingerprint density at radius 1 is 0.870 bits per heavy atom. The summed E-state index contributed by atoms with van der Waals surface area (Å²) in [7, 11) is 0. The molecule has 260 valence electrons. The van der Waals surface area contributed by atoms with Crippen molar-refractivity contribution >= 4 is 11.9 Å². The summed E-state index contributed by atoms with van der Waals surface area (Å²) in [6.45, 7) is 9.93. The predicted molar refractivity (Wildman–Crippen MR) is 164 cm³/mol. The molecule has 11 nitrogen and oxygen atoms in total. The lowest BCUT2D eigenvalue weighted by Gasteiger charge is -2.71. The van der Waals surface area contributed by atoms with Gasteiger partial charge in [0.15, 0.2) is 6.29 Å². The van der Waals surface area contributed by atoms with Gasteiger partial charge in [-0.15, -0.1) is 0 Å². The molecule has 5 aliphatic carbocycles. The highest BCUT2D eigenvalue weighted by atomic mass is 16.7. The highest BCUT2D eigenvalue weighted by molar-refractivity contribution is 5.79. The van der Waals surface area contributed by atoms with Gasteiger partial charge in [0.2, 0.25) is 0 Å². The van der Waals surface area contributed by atoms with Gasteiger partial charge in [-0.2, -0.15) is 0 Å². The molecule has 1 heterocycles. The third-order valence-corrected chi connectivity index (χ3v) is 15.1. The third kappa shape index (κ3) is 4.41. The number of hydrogen-bond donors (Lipinski definition) is 7. The molecule has 0 aromatic rings. The average molecular weight is 651 g/mol. The third-order valence-electron chi connectivity index (χ3n) is 15.1. The van der Waals surface area contributed by atoms with Crippen molar-refractivity contribution in [2.45, 2.75) is 129 Å². The highest BCUT2D eigenvalue weighted by Crippen LogP contribution is 2.76. The maximum Gasteiger partial charge on any atom is 0.310 e. The summed E-state index contributed by atoms with van der Waals surface area (Å²) in [5.41, 5.74) is -2.84. The molecule has 0 spiro atoms. The van der Waals surface area contributed by atoms with Gasteiger partial charge in [-0.05, 0) is 98.7 Å². The zero-order valence-corrected chi connectivity index (χ0v) is 27.8. The summed E-state index contributed by atoms with van der Waals surface area (Å²) in [5.74, 6) is -2.05. The van der Waals surface area contributed by atoms with E-state index >= 15 is 0 Å². The smallest absolute Gasteiger partial charge is 0.310 e. The van der Waals surface area contributed by atoms with Crippen LogP contribution in [0.3, 0.4) is 0 Å². The number of aliphatic hydroxyl groups is 5. The van der Waals surface area contributed by atoms with Crippen LogP contribution in [-0.2, 0) is 19.1 Å². The standard InChI is InChI=1S/C35H54O11/c1-30(28(41)42)10-12-35(29(43)44)13-11-33(4)18(19(35)14-30)6-7-23-31(2)15-20(37)26(46-27-25(40)24(39)21(38)16-45-27)32(3,17-36)22(31)8-9-34(23,33)5/h6,19-27,36-40H,7-17H2,1-5H3,(H,41,42)(H,43,44)/t19?,20?,21-,22?,23?,24+,25-,26?,27+,30?,31?,32?,33?,34?,35?/m1/s1. The van der Waals surface area contributed by atoms with Crippen molar-refractivity contribution in [2.24, 2.45) is 50.2 Å². The van der Waals surface area contributed by atoms with Crippen LogP contribution < -0.4 is 0 Å².